The number of guanidine groups is 1. The van der Waals surface area contributed by atoms with Crippen molar-refractivity contribution in [2.24, 2.45) is 4.99 Å². The van der Waals surface area contributed by atoms with Crippen LogP contribution in [-0.4, -0.2) is 58.4 Å². The van der Waals surface area contributed by atoms with Gasteiger partial charge in [-0.25, -0.2) is 9.67 Å². The number of fused-ring (bicyclic) bond motifs is 1. The molecule has 2 N–H and O–H groups in total. The number of aromatic nitrogens is 3. The van der Waals surface area contributed by atoms with Gasteiger partial charge in [-0.3, -0.25) is 9.89 Å². The number of hydrogen-bond donors (Lipinski definition) is 2. The molecular formula is C24H38IN7O. The minimum absolute atomic E-state index is 0. The first-order chi connectivity index (χ1) is 15.7. The summed E-state index contributed by atoms with van der Waals surface area (Å²) in [6, 6.07) is 9.70. The highest BCUT2D eigenvalue weighted by Gasteiger charge is 2.23. The Bertz CT molecular complexity index is 916. The topological polar surface area (TPSA) is 79.6 Å². The van der Waals surface area contributed by atoms with Gasteiger partial charge in [0.15, 0.2) is 11.8 Å². The third-order valence-corrected chi connectivity index (χ3v) is 6.62. The summed E-state index contributed by atoms with van der Waals surface area (Å²) in [7, 11) is 3.50. The Kier molecular flexibility index (Phi) is 9.94. The zero-order valence-electron chi connectivity index (χ0n) is 20.1. The van der Waals surface area contributed by atoms with Crippen molar-refractivity contribution in [3.05, 3.63) is 47.0 Å². The van der Waals surface area contributed by atoms with Gasteiger partial charge in [0.25, 0.3) is 0 Å². The average molecular weight is 568 g/mol. The standard InChI is InChI=1S/C24H37N7O.HI/c1-18-8-6-7-13-30(18)15-20-10-5-4-9-19(20)14-26-24(25-2)27-21-11-12-23-28-22(17-32-3)29-31(23)16-21;/h4-5,9-10,18,21H,6-8,11-17H2,1-3H3,(H2,25,26,27);1H. The van der Waals surface area contributed by atoms with Gasteiger partial charge >= 0.3 is 0 Å². The number of likely N-dealkylation sites (tertiary alicyclic amines) is 1. The predicted octanol–water partition coefficient (Wildman–Crippen LogP) is 3.10. The second-order valence-electron chi connectivity index (χ2n) is 8.95. The van der Waals surface area contributed by atoms with E-state index in [-0.39, 0.29) is 30.0 Å². The fourth-order valence-electron chi connectivity index (χ4n) is 4.73. The molecule has 2 aliphatic heterocycles. The largest absolute Gasteiger partial charge is 0.377 e. The van der Waals surface area contributed by atoms with Crippen molar-refractivity contribution < 1.29 is 4.74 Å². The molecule has 0 bridgehead atoms. The van der Waals surface area contributed by atoms with Crippen molar-refractivity contribution in [2.45, 2.75) is 77.4 Å². The number of aryl methyl sites for hydroxylation is 1. The summed E-state index contributed by atoms with van der Waals surface area (Å²) < 4.78 is 7.16. The Balaban J connectivity index is 0.00000306. The maximum atomic E-state index is 5.17. The third kappa shape index (κ3) is 6.89. The van der Waals surface area contributed by atoms with Gasteiger partial charge in [-0.1, -0.05) is 30.7 Å². The van der Waals surface area contributed by atoms with Crippen LogP contribution in [0.3, 0.4) is 0 Å². The molecule has 3 heterocycles. The number of benzene rings is 1. The molecule has 182 valence electrons. The molecule has 2 aliphatic rings. The number of aliphatic imine (C=N–C) groups is 1. The van der Waals surface area contributed by atoms with Gasteiger partial charge in [0, 0.05) is 45.8 Å². The van der Waals surface area contributed by atoms with Crippen LogP contribution in [0.2, 0.25) is 0 Å². The maximum absolute atomic E-state index is 5.17. The molecule has 9 heteroatoms. The highest BCUT2D eigenvalue weighted by atomic mass is 127. The van der Waals surface area contributed by atoms with Crippen LogP contribution in [0.5, 0.6) is 0 Å². The zero-order valence-corrected chi connectivity index (χ0v) is 22.4. The van der Waals surface area contributed by atoms with E-state index in [0.717, 1.165) is 50.1 Å². The number of hydrogen-bond acceptors (Lipinski definition) is 5. The number of rotatable bonds is 7. The van der Waals surface area contributed by atoms with E-state index >= 15 is 0 Å². The first-order valence-corrected chi connectivity index (χ1v) is 11.9. The van der Waals surface area contributed by atoms with Crippen molar-refractivity contribution >= 4 is 29.9 Å². The quantitative estimate of drug-likeness (QED) is 0.304. The lowest BCUT2D eigenvalue weighted by atomic mass is 10.0. The lowest BCUT2D eigenvalue weighted by molar-refractivity contribution is 0.152. The van der Waals surface area contributed by atoms with E-state index in [1.165, 1.54) is 36.9 Å². The Morgan fingerprint density at radius 1 is 1.21 bits per heavy atom. The van der Waals surface area contributed by atoms with Gasteiger partial charge in [-0.05, 0) is 43.9 Å². The minimum Gasteiger partial charge on any atom is -0.377 e. The molecule has 1 aromatic carbocycles. The van der Waals surface area contributed by atoms with Crippen molar-refractivity contribution in [1.82, 2.24) is 30.3 Å². The molecule has 2 aromatic rings. The SMILES string of the molecule is CN=C(NCc1ccccc1CN1CCCCC1C)NC1CCc2nc(COC)nn2C1.I. The normalized spacial score (nSPS) is 21.2. The van der Waals surface area contributed by atoms with Gasteiger partial charge in [0.2, 0.25) is 0 Å². The first kappa shape index (κ1) is 25.9. The summed E-state index contributed by atoms with van der Waals surface area (Å²) >= 11 is 0. The molecule has 1 fully saturated rings. The summed E-state index contributed by atoms with van der Waals surface area (Å²) in [4.78, 5) is 11.6. The number of ether oxygens (including phenoxy) is 1. The number of halogens is 1. The number of methoxy groups -OCH3 is 1. The Labute approximate surface area is 214 Å². The second-order valence-corrected chi connectivity index (χ2v) is 8.95. The Morgan fingerprint density at radius 3 is 2.79 bits per heavy atom. The molecule has 0 saturated carbocycles. The summed E-state index contributed by atoms with van der Waals surface area (Å²) in [6.07, 6.45) is 5.88. The molecule has 33 heavy (non-hydrogen) atoms. The van der Waals surface area contributed by atoms with E-state index in [1.807, 2.05) is 11.7 Å². The molecular weight excluding hydrogens is 529 g/mol. The number of piperidine rings is 1. The summed E-state index contributed by atoms with van der Waals surface area (Å²) in [5.74, 6) is 2.63. The van der Waals surface area contributed by atoms with Crippen LogP contribution in [0, 0.1) is 0 Å². The number of nitrogens with zero attached hydrogens (tertiary/aromatic N) is 5. The van der Waals surface area contributed by atoms with Crippen LogP contribution >= 0.6 is 24.0 Å². The van der Waals surface area contributed by atoms with E-state index in [9.17, 15) is 0 Å². The fourth-order valence-corrected chi connectivity index (χ4v) is 4.73. The summed E-state index contributed by atoms with van der Waals surface area (Å²) in [5.41, 5.74) is 2.74. The lowest BCUT2D eigenvalue weighted by Gasteiger charge is -2.34. The molecule has 0 radical (unpaired) electrons. The molecule has 4 rings (SSSR count). The van der Waals surface area contributed by atoms with E-state index in [0.29, 0.717) is 12.6 Å². The van der Waals surface area contributed by atoms with E-state index < -0.39 is 0 Å². The Morgan fingerprint density at radius 2 is 2.03 bits per heavy atom. The van der Waals surface area contributed by atoms with Gasteiger partial charge in [-0.15, -0.1) is 24.0 Å². The molecule has 0 aliphatic carbocycles. The van der Waals surface area contributed by atoms with Gasteiger partial charge in [-0.2, -0.15) is 5.10 Å². The Hall–Kier alpha value is -1.72. The molecule has 0 amide bonds. The zero-order chi connectivity index (χ0) is 22.3. The maximum Gasteiger partial charge on any atom is 0.191 e. The van der Waals surface area contributed by atoms with Crippen LogP contribution in [-0.2, 0) is 37.4 Å². The van der Waals surface area contributed by atoms with E-state index in [1.54, 1.807) is 7.11 Å². The molecule has 0 spiro atoms. The van der Waals surface area contributed by atoms with Gasteiger partial charge in [0.1, 0.15) is 12.4 Å². The fraction of sp³-hybridized carbons (Fsp3) is 0.625. The molecule has 2 atom stereocenters. The van der Waals surface area contributed by atoms with Crippen molar-refractivity contribution in [1.29, 1.82) is 0 Å². The van der Waals surface area contributed by atoms with Crippen molar-refractivity contribution in [3.8, 4) is 0 Å². The van der Waals surface area contributed by atoms with Crippen LogP contribution in [0.1, 0.15) is 55.4 Å². The van der Waals surface area contributed by atoms with Crippen LogP contribution in [0.15, 0.2) is 29.3 Å². The molecule has 1 aromatic heterocycles. The second kappa shape index (κ2) is 12.7. The summed E-state index contributed by atoms with van der Waals surface area (Å²) in [5, 5.41) is 11.7. The van der Waals surface area contributed by atoms with Crippen LogP contribution in [0.25, 0.3) is 0 Å². The van der Waals surface area contributed by atoms with Crippen LogP contribution < -0.4 is 10.6 Å². The molecule has 1 saturated heterocycles. The van der Waals surface area contributed by atoms with Crippen LogP contribution in [0.4, 0.5) is 0 Å². The monoisotopic (exact) mass is 567 g/mol. The van der Waals surface area contributed by atoms with E-state index in [4.69, 9.17) is 4.74 Å². The minimum atomic E-state index is 0. The average Bonchev–Trinajstić information content (AvgIpc) is 3.21. The third-order valence-electron chi connectivity index (χ3n) is 6.62. The van der Waals surface area contributed by atoms with Gasteiger partial charge < -0.3 is 15.4 Å². The smallest absolute Gasteiger partial charge is 0.191 e. The highest BCUT2D eigenvalue weighted by Crippen LogP contribution is 2.21. The van der Waals surface area contributed by atoms with E-state index in [2.05, 4.69) is 61.8 Å². The van der Waals surface area contributed by atoms with Crippen molar-refractivity contribution in [2.75, 3.05) is 20.7 Å². The molecule has 2 unspecified atom stereocenters. The number of nitrogens with one attached hydrogen (secondary N) is 2. The lowest BCUT2D eigenvalue weighted by Crippen LogP contribution is -2.47. The first-order valence-electron chi connectivity index (χ1n) is 11.9. The summed E-state index contributed by atoms with van der Waals surface area (Å²) in [6.45, 7) is 6.58. The predicted molar refractivity (Wildman–Crippen MR) is 142 cm³/mol. The highest BCUT2D eigenvalue weighted by molar-refractivity contribution is 14.0. The van der Waals surface area contributed by atoms with Gasteiger partial charge in [0.05, 0.1) is 6.54 Å². The van der Waals surface area contributed by atoms with Crippen molar-refractivity contribution in [3.63, 3.8) is 0 Å². The molecule has 8 nitrogen and oxygen atoms in total.